The number of unbranched alkanes of at least 4 members (excludes halogenated alkanes) is 5. The predicted octanol–water partition coefficient (Wildman–Crippen LogP) is 1.93. The van der Waals surface area contributed by atoms with E-state index >= 15 is 0 Å². The van der Waals surface area contributed by atoms with Crippen molar-refractivity contribution in [2.75, 3.05) is 18.8 Å². The van der Waals surface area contributed by atoms with Crippen LogP contribution in [-0.4, -0.2) is 74.9 Å². The maximum absolute atomic E-state index is 12.0. The molecule has 3 rings (SSSR count). The number of aromatic nitrogens is 1. The fraction of sp³-hybridized carbons (Fsp3) is 0.692. The second kappa shape index (κ2) is 16.1. The Bertz CT molecular complexity index is 953. The SMILES string of the molecule is O=C(CCCCCNC(=O)CCCC[C@@H]1SC[C@@H]2NC(=O)N[C@@H]21)NCCCCCC(=O)On1c(O)ccc1O. The fourth-order valence-corrected chi connectivity index (χ4v) is 6.25. The topological polar surface area (TPSA) is 171 Å². The summed E-state index contributed by atoms with van der Waals surface area (Å²) in [6, 6.07) is 2.82. The van der Waals surface area contributed by atoms with Crippen molar-refractivity contribution >= 4 is 35.6 Å². The highest BCUT2D eigenvalue weighted by atomic mass is 32.2. The number of nitrogens with one attached hydrogen (secondary N) is 4. The van der Waals surface area contributed by atoms with Crippen LogP contribution in [0.3, 0.4) is 0 Å². The van der Waals surface area contributed by atoms with Crippen molar-refractivity contribution in [2.24, 2.45) is 0 Å². The lowest BCUT2D eigenvalue weighted by Gasteiger charge is -2.16. The minimum absolute atomic E-state index is 0.00305. The van der Waals surface area contributed by atoms with Crippen LogP contribution in [0, 0.1) is 0 Å². The summed E-state index contributed by atoms with van der Waals surface area (Å²) in [5, 5.41) is 31.1. The van der Waals surface area contributed by atoms with Crippen LogP contribution < -0.4 is 26.1 Å². The largest absolute Gasteiger partial charge is 0.492 e. The van der Waals surface area contributed by atoms with Crippen LogP contribution >= 0.6 is 11.8 Å². The Morgan fingerprint density at radius 2 is 1.46 bits per heavy atom. The van der Waals surface area contributed by atoms with Crippen LogP contribution in [0.4, 0.5) is 4.79 Å². The van der Waals surface area contributed by atoms with E-state index in [4.69, 9.17) is 4.84 Å². The number of fused-ring (bicyclic) bond motifs is 1. The average Bonchev–Trinajstić information content (AvgIpc) is 3.56. The molecule has 0 bridgehead atoms. The zero-order valence-corrected chi connectivity index (χ0v) is 23.1. The molecule has 0 saturated carbocycles. The number of carbonyl (C=O) groups is 4. The Balaban J connectivity index is 1.07. The first-order chi connectivity index (χ1) is 18.8. The predicted molar refractivity (Wildman–Crippen MR) is 146 cm³/mol. The van der Waals surface area contributed by atoms with Crippen LogP contribution in [0.2, 0.25) is 0 Å². The normalized spacial score (nSPS) is 19.7. The van der Waals surface area contributed by atoms with E-state index in [1.165, 1.54) is 12.1 Å². The highest BCUT2D eigenvalue weighted by Crippen LogP contribution is 2.33. The Labute approximate surface area is 232 Å². The number of carbonyl (C=O) groups excluding carboxylic acids is 4. The zero-order valence-electron chi connectivity index (χ0n) is 22.3. The number of urea groups is 1. The van der Waals surface area contributed by atoms with Gasteiger partial charge < -0.3 is 36.3 Å². The third-order valence-electron chi connectivity index (χ3n) is 6.85. The van der Waals surface area contributed by atoms with Gasteiger partial charge >= 0.3 is 12.0 Å². The van der Waals surface area contributed by atoms with Crippen molar-refractivity contribution in [2.45, 2.75) is 94.4 Å². The molecule has 0 aliphatic carbocycles. The van der Waals surface area contributed by atoms with Crippen LogP contribution in [0.1, 0.15) is 77.0 Å². The van der Waals surface area contributed by atoms with Gasteiger partial charge in [0.2, 0.25) is 23.6 Å². The molecule has 3 atom stereocenters. The van der Waals surface area contributed by atoms with Gasteiger partial charge in [0.05, 0.1) is 12.1 Å². The molecule has 0 unspecified atom stereocenters. The van der Waals surface area contributed by atoms with Gasteiger partial charge in [-0.2, -0.15) is 11.8 Å². The van der Waals surface area contributed by atoms with E-state index in [0.717, 1.165) is 57.1 Å². The molecule has 3 heterocycles. The third kappa shape index (κ3) is 10.5. The molecular formula is C26H41N5O7S. The highest BCUT2D eigenvalue weighted by molar-refractivity contribution is 8.00. The van der Waals surface area contributed by atoms with Gasteiger partial charge in [-0.3, -0.25) is 9.59 Å². The lowest BCUT2D eigenvalue weighted by Crippen LogP contribution is -2.36. The van der Waals surface area contributed by atoms with E-state index in [1.807, 2.05) is 11.8 Å². The summed E-state index contributed by atoms with van der Waals surface area (Å²) in [6.45, 7) is 1.15. The van der Waals surface area contributed by atoms with Crippen molar-refractivity contribution in [3.63, 3.8) is 0 Å². The van der Waals surface area contributed by atoms with Gasteiger partial charge in [0.1, 0.15) is 0 Å². The summed E-state index contributed by atoms with van der Waals surface area (Å²) in [6.07, 6.45) is 8.42. The van der Waals surface area contributed by atoms with Gasteiger partial charge in [0, 0.05) is 55.5 Å². The lowest BCUT2D eigenvalue weighted by molar-refractivity contribution is -0.145. The number of nitrogens with zero attached hydrogens (tertiary/aromatic N) is 1. The first kappa shape index (κ1) is 30.5. The molecule has 39 heavy (non-hydrogen) atoms. The Morgan fingerprint density at radius 1 is 0.872 bits per heavy atom. The smallest absolute Gasteiger partial charge is 0.333 e. The number of thioether (sulfide) groups is 1. The summed E-state index contributed by atoms with van der Waals surface area (Å²) >= 11 is 1.89. The molecule has 1 aromatic heterocycles. The molecule has 2 fully saturated rings. The first-order valence-corrected chi connectivity index (χ1v) is 14.9. The quantitative estimate of drug-likeness (QED) is 0.115. The summed E-state index contributed by atoms with van der Waals surface area (Å²) in [7, 11) is 0. The van der Waals surface area contributed by atoms with E-state index in [-0.39, 0.29) is 48.1 Å². The van der Waals surface area contributed by atoms with E-state index in [1.54, 1.807) is 0 Å². The molecule has 1 aromatic rings. The minimum Gasteiger partial charge on any atom is -0.492 e. The van der Waals surface area contributed by atoms with Gasteiger partial charge in [0.25, 0.3) is 0 Å². The summed E-state index contributed by atoms with van der Waals surface area (Å²) in [5.74, 6) is -0.257. The molecule has 13 heteroatoms. The number of amides is 4. The highest BCUT2D eigenvalue weighted by Gasteiger charge is 2.42. The Hall–Kier alpha value is -3.09. The Kier molecular flexibility index (Phi) is 12.6. The number of hydrogen-bond donors (Lipinski definition) is 6. The van der Waals surface area contributed by atoms with Gasteiger partial charge in [0.15, 0.2) is 0 Å². The third-order valence-corrected chi connectivity index (χ3v) is 8.36. The van der Waals surface area contributed by atoms with E-state index < -0.39 is 5.97 Å². The van der Waals surface area contributed by atoms with E-state index in [0.29, 0.717) is 42.3 Å². The summed E-state index contributed by atoms with van der Waals surface area (Å²) < 4.78 is 0.667. The van der Waals surface area contributed by atoms with Crippen molar-refractivity contribution < 1.29 is 34.2 Å². The number of hydrogen-bond acceptors (Lipinski definition) is 8. The summed E-state index contributed by atoms with van der Waals surface area (Å²) in [5.41, 5.74) is 0. The Morgan fingerprint density at radius 3 is 2.10 bits per heavy atom. The molecule has 2 aliphatic heterocycles. The minimum atomic E-state index is -0.562. The molecular weight excluding hydrogens is 526 g/mol. The van der Waals surface area contributed by atoms with Crippen LogP contribution in [0.25, 0.3) is 0 Å². The van der Waals surface area contributed by atoms with E-state index in [9.17, 15) is 29.4 Å². The van der Waals surface area contributed by atoms with Gasteiger partial charge in [-0.1, -0.05) is 19.3 Å². The monoisotopic (exact) mass is 567 g/mol. The van der Waals surface area contributed by atoms with Crippen molar-refractivity contribution in [3.05, 3.63) is 12.1 Å². The molecule has 6 N–H and O–H groups in total. The fourth-order valence-electron chi connectivity index (χ4n) is 4.71. The van der Waals surface area contributed by atoms with Crippen molar-refractivity contribution in [1.29, 1.82) is 0 Å². The molecule has 0 radical (unpaired) electrons. The maximum atomic E-state index is 12.0. The first-order valence-electron chi connectivity index (χ1n) is 13.9. The lowest BCUT2D eigenvalue weighted by atomic mass is 10.0. The van der Waals surface area contributed by atoms with Crippen molar-refractivity contribution in [1.82, 2.24) is 26.0 Å². The molecule has 218 valence electrons. The number of rotatable bonds is 18. The maximum Gasteiger partial charge on any atom is 0.333 e. The van der Waals surface area contributed by atoms with Crippen molar-refractivity contribution in [3.8, 4) is 11.8 Å². The van der Waals surface area contributed by atoms with Gasteiger partial charge in [-0.15, -0.1) is 4.73 Å². The van der Waals surface area contributed by atoms with Crippen LogP contribution in [-0.2, 0) is 14.4 Å². The molecule has 0 aromatic carbocycles. The summed E-state index contributed by atoms with van der Waals surface area (Å²) in [4.78, 5) is 52.1. The zero-order chi connectivity index (χ0) is 28.0. The molecule has 12 nitrogen and oxygen atoms in total. The molecule has 2 saturated heterocycles. The van der Waals surface area contributed by atoms with E-state index in [2.05, 4.69) is 21.3 Å². The van der Waals surface area contributed by atoms with Crippen LogP contribution in [0.5, 0.6) is 11.8 Å². The molecule has 0 spiro atoms. The second-order valence-electron chi connectivity index (χ2n) is 10.00. The van der Waals surface area contributed by atoms with Gasteiger partial charge in [-0.25, -0.2) is 9.59 Å². The van der Waals surface area contributed by atoms with Gasteiger partial charge in [-0.05, 0) is 38.5 Å². The standard InChI is InChI=1S/C26H41N5O7S/c32-20(27-16-8-2-4-12-24(36)38-31-22(34)13-14-23(31)35)10-3-1-7-15-28-21(33)11-6-5-9-19-25-18(17-39-19)29-26(37)30-25/h13-14,18-19,25,34-35H,1-12,15-17H2,(H,27,32)(H,28,33)(H2,29,30,37)/t18-,19-,25-/m0/s1. The second-order valence-corrected chi connectivity index (χ2v) is 11.3. The molecule has 2 aliphatic rings. The average molecular weight is 568 g/mol. The molecule has 4 amide bonds. The van der Waals surface area contributed by atoms with Crippen LogP contribution in [0.15, 0.2) is 12.1 Å². The number of aromatic hydroxyl groups is 2.